The Morgan fingerprint density at radius 2 is 1.07 bits per heavy atom. The van der Waals surface area contributed by atoms with Gasteiger partial charge in [0.2, 0.25) is 0 Å². The number of fused-ring (bicyclic) bond motifs is 3. The number of hydrogen-bond acceptors (Lipinski definition) is 4. The minimum absolute atomic E-state index is 0.152. The maximum Gasteiger partial charge on any atom is 0.151 e. The van der Waals surface area contributed by atoms with E-state index < -0.39 is 4.65 Å². The highest BCUT2D eigenvalue weighted by molar-refractivity contribution is 6.00. The summed E-state index contributed by atoms with van der Waals surface area (Å²) in [4.78, 5) is 2.24. The first-order valence-corrected chi connectivity index (χ1v) is 15.6. The van der Waals surface area contributed by atoms with Crippen LogP contribution in [0.15, 0.2) is 158 Å². The fraction of sp³-hybridized carbons (Fsp3) is 0.100. The van der Waals surface area contributed by atoms with Gasteiger partial charge in [0.25, 0.3) is 0 Å². The van der Waals surface area contributed by atoms with Crippen LogP contribution >= 0.6 is 0 Å². The van der Waals surface area contributed by atoms with Gasteiger partial charge in [0.1, 0.15) is 5.69 Å². The van der Waals surface area contributed by atoms with Crippen molar-refractivity contribution in [3.05, 3.63) is 174 Å². The summed E-state index contributed by atoms with van der Waals surface area (Å²) in [6.07, 6.45) is 0.152. The quantitative estimate of drug-likeness (QED) is 0.151. The maximum absolute atomic E-state index is 15.2. The molecule has 5 heteroatoms. The molecule has 0 bridgehead atoms. The smallest absolute Gasteiger partial charge is 0.151 e. The second-order valence-corrected chi connectivity index (χ2v) is 11.8. The van der Waals surface area contributed by atoms with Crippen molar-refractivity contribution in [2.45, 2.75) is 12.1 Å². The van der Waals surface area contributed by atoms with Crippen molar-refractivity contribution >= 4 is 34.1 Å². The maximum atomic E-state index is 15.2. The molecule has 0 amide bonds. The third kappa shape index (κ3) is 4.83. The fourth-order valence-electron chi connectivity index (χ4n) is 6.88. The van der Waals surface area contributed by atoms with Crippen molar-refractivity contribution in [1.29, 1.82) is 0 Å². The van der Waals surface area contributed by atoms with E-state index in [-0.39, 0.29) is 6.17 Å². The summed E-state index contributed by atoms with van der Waals surface area (Å²) >= 11 is 0. The van der Waals surface area contributed by atoms with Gasteiger partial charge in [0.05, 0.1) is 11.7 Å². The zero-order valence-electron chi connectivity index (χ0n) is 24.9. The lowest BCUT2D eigenvalue weighted by molar-refractivity contribution is 0.348. The van der Waals surface area contributed by atoms with Crippen LogP contribution in [0.2, 0.25) is 0 Å². The topological polar surface area (TPSA) is 50.4 Å². The van der Waals surface area contributed by atoms with E-state index in [0.29, 0.717) is 11.6 Å². The van der Waals surface area contributed by atoms with Gasteiger partial charge >= 0.3 is 0 Å². The third-order valence-electron chi connectivity index (χ3n) is 9.14. The van der Waals surface area contributed by atoms with Crippen molar-refractivity contribution in [2.75, 3.05) is 18.0 Å². The standard InChI is InChI=1S/C40H34N4O/c45-44(35-23-20-29(21-24-35)31-27-41-40(42-28-31)30-12-4-1-5-13-30)38-19-11-10-18-36(38)37-26-34(22-25-39(37)44)43(32-14-6-2-7-15-32)33-16-8-3-9-17-33/h1-26,31,40-42H,27-28H2. The first-order valence-electron chi connectivity index (χ1n) is 15.6. The molecular weight excluding hydrogens is 552 g/mol. The Balaban J connectivity index is 1.13. The number of quaternary nitrogens is 1. The molecule has 8 rings (SSSR count). The molecule has 45 heavy (non-hydrogen) atoms. The van der Waals surface area contributed by atoms with Gasteiger partial charge in [-0.15, -0.1) is 0 Å². The summed E-state index contributed by atoms with van der Waals surface area (Å²) < 4.78 is -0.611. The normalized spacial score (nSPS) is 20.3. The average Bonchev–Trinajstić information content (AvgIpc) is 3.38. The largest absolute Gasteiger partial charge is 0.616 e. The molecule has 0 saturated carbocycles. The summed E-state index contributed by atoms with van der Waals surface area (Å²) in [5.41, 5.74) is 9.74. The van der Waals surface area contributed by atoms with Crippen LogP contribution in [-0.2, 0) is 0 Å². The lowest BCUT2D eigenvalue weighted by Crippen LogP contribution is -2.45. The Kier molecular flexibility index (Phi) is 7.01. The minimum atomic E-state index is -0.611. The zero-order chi connectivity index (χ0) is 30.2. The lowest BCUT2D eigenvalue weighted by Gasteiger charge is -2.39. The highest BCUT2D eigenvalue weighted by Crippen LogP contribution is 2.58. The molecule has 0 spiro atoms. The van der Waals surface area contributed by atoms with Crippen LogP contribution in [0.3, 0.4) is 0 Å². The molecule has 2 aliphatic heterocycles. The Labute approximate surface area is 264 Å². The van der Waals surface area contributed by atoms with E-state index in [1.165, 1.54) is 11.1 Å². The van der Waals surface area contributed by atoms with Gasteiger partial charge in [-0.1, -0.05) is 91.0 Å². The number of hydrogen-bond donors (Lipinski definition) is 2. The number of nitrogens with one attached hydrogen (secondary N) is 2. The van der Waals surface area contributed by atoms with E-state index in [0.717, 1.165) is 52.7 Å². The van der Waals surface area contributed by atoms with Crippen molar-refractivity contribution in [3.63, 3.8) is 0 Å². The van der Waals surface area contributed by atoms with E-state index in [1.54, 1.807) is 0 Å². The predicted molar refractivity (Wildman–Crippen MR) is 185 cm³/mol. The lowest BCUT2D eigenvalue weighted by atomic mass is 9.95. The van der Waals surface area contributed by atoms with Crippen molar-refractivity contribution in [1.82, 2.24) is 15.3 Å². The number of anilines is 3. The number of benzene rings is 6. The summed E-state index contributed by atoms with van der Waals surface area (Å²) in [5.74, 6) is 0.321. The number of rotatable bonds is 6. The molecule has 2 heterocycles. The van der Waals surface area contributed by atoms with Gasteiger partial charge < -0.3 is 10.1 Å². The fourth-order valence-corrected chi connectivity index (χ4v) is 6.88. The second-order valence-electron chi connectivity index (χ2n) is 11.8. The first kappa shape index (κ1) is 27.5. The molecule has 1 unspecified atom stereocenters. The van der Waals surface area contributed by atoms with Crippen LogP contribution in [0, 0.1) is 5.21 Å². The van der Waals surface area contributed by atoms with Crippen LogP contribution in [0.25, 0.3) is 11.1 Å². The van der Waals surface area contributed by atoms with Gasteiger partial charge in [-0.05, 0) is 53.6 Å². The molecule has 1 fully saturated rings. The van der Waals surface area contributed by atoms with Crippen LogP contribution in [0.5, 0.6) is 0 Å². The molecule has 1 saturated heterocycles. The molecule has 2 N–H and O–H groups in total. The summed E-state index contributed by atoms with van der Waals surface area (Å²) in [7, 11) is 0. The molecule has 0 radical (unpaired) electrons. The number of para-hydroxylation sites is 3. The Morgan fingerprint density at radius 1 is 0.511 bits per heavy atom. The highest BCUT2D eigenvalue weighted by Gasteiger charge is 2.40. The van der Waals surface area contributed by atoms with Crippen LogP contribution < -0.4 is 20.2 Å². The van der Waals surface area contributed by atoms with Crippen molar-refractivity contribution in [2.24, 2.45) is 0 Å². The first-order chi connectivity index (χ1) is 22.2. The van der Waals surface area contributed by atoms with E-state index in [2.05, 4.69) is 119 Å². The van der Waals surface area contributed by atoms with E-state index >= 15 is 5.21 Å². The molecule has 0 aromatic heterocycles. The van der Waals surface area contributed by atoms with Gasteiger partial charge in [0.15, 0.2) is 11.4 Å². The molecular formula is C40H34N4O. The molecule has 0 aliphatic carbocycles. The van der Waals surface area contributed by atoms with E-state index in [4.69, 9.17) is 0 Å². The number of nitrogens with zero attached hydrogens (tertiary/aromatic N) is 2. The third-order valence-corrected chi connectivity index (χ3v) is 9.14. The Bertz CT molecular complexity index is 1880. The molecule has 1 atom stereocenters. The van der Waals surface area contributed by atoms with E-state index in [1.807, 2.05) is 54.6 Å². The predicted octanol–water partition coefficient (Wildman–Crippen LogP) is 9.58. The average molecular weight is 587 g/mol. The summed E-state index contributed by atoms with van der Waals surface area (Å²) in [6.45, 7) is 1.74. The van der Waals surface area contributed by atoms with Crippen molar-refractivity contribution in [3.8, 4) is 11.1 Å². The summed E-state index contributed by atoms with van der Waals surface area (Å²) in [5, 5.41) is 22.4. The molecule has 220 valence electrons. The molecule has 2 aliphatic rings. The Morgan fingerprint density at radius 3 is 1.71 bits per heavy atom. The zero-order valence-corrected chi connectivity index (χ0v) is 24.9. The Hall–Kier alpha value is -5.04. The SMILES string of the molecule is [O-][N+]1(c2ccc(C3CNC(c4ccccc4)NC3)cc2)c2ccccc2-c2cc(N(c3ccccc3)c3ccccc3)ccc21. The second kappa shape index (κ2) is 11.5. The van der Waals surface area contributed by atoms with Gasteiger partial charge in [-0.3, -0.25) is 15.3 Å². The molecule has 6 aromatic rings. The van der Waals surface area contributed by atoms with Crippen LogP contribution in [0.4, 0.5) is 34.1 Å². The molecule has 5 nitrogen and oxygen atoms in total. The van der Waals surface area contributed by atoms with E-state index in [9.17, 15) is 0 Å². The van der Waals surface area contributed by atoms with Gasteiger partial charge in [-0.2, -0.15) is 0 Å². The van der Waals surface area contributed by atoms with Crippen LogP contribution in [-0.4, -0.2) is 13.1 Å². The van der Waals surface area contributed by atoms with Gasteiger partial charge in [-0.25, -0.2) is 0 Å². The molecule has 6 aromatic carbocycles. The summed E-state index contributed by atoms with van der Waals surface area (Å²) in [6, 6.07) is 53.8. The van der Waals surface area contributed by atoms with Gasteiger partial charge in [0, 0.05) is 65.9 Å². The minimum Gasteiger partial charge on any atom is -0.616 e. The highest BCUT2D eigenvalue weighted by atomic mass is 16.5. The monoisotopic (exact) mass is 586 g/mol. The van der Waals surface area contributed by atoms with Crippen LogP contribution in [0.1, 0.15) is 23.2 Å². The van der Waals surface area contributed by atoms with Crippen molar-refractivity contribution < 1.29 is 0 Å².